The van der Waals surface area contributed by atoms with Gasteiger partial charge in [0, 0.05) is 60.1 Å². The normalized spacial score (nSPS) is 15.2. The highest BCUT2D eigenvalue weighted by Gasteiger charge is 2.44. The fourth-order valence-corrected chi connectivity index (χ4v) is 14.1. The van der Waals surface area contributed by atoms with Gasteiger partial charge < -0.3 is 13.7 Å². The van der Waals surface area contributed by atoms with Gasteiger partial charge in [-0.3, -0.25) is 0 Å². The molecule has 0 N–H and O–H groups in total. The average Bonchev–Trinajstić information content (AvgIpc) is 4.19. The molecule has 3 nitrogen and oxygen atoms in total. The number of hydrogen-bond acceptors (Lipinski definition) is 3. The summed E-state index contributed by atoms with van der Waals surface area (Å²) in [5.41, 5.74) is 24.6. The van der Waals surface area contributed by atoms with Crippen molar-refractivity contribution in [2.24, 2.45) is 0 Å². The Morgan fingerprint density at radius 3 is 1.58 bits per heavy atom. The molecule has 74 heavy (non-hydrogen) atoms. The van der Waals surface area contributed by atoms with Crippen molar-refractivity contribution in [3.05, 3.63) is 234 Å². The molecule has 16 rings (SSSR count). The molecule has 0 amide bonds. The summed E-state index contributed by atoms with van der Waals surface area (Å²) >= 11 is 0. The van der Waals surface area contributed by atoms with E-state index in [2.05, 4.69) is 247 Å². The van der Waals surface area contributed by atoms with Crippen LogP contribution < -0.4 is 4.90 Å². The molecule has 11 aromatic carbocycles. The van der Waals surface area contributed by atoms with Crippen LogP contribution in [0.15, 0.2) is 209 Å². The lowest BCUT2D eigenvalue weighted by Crippen LogP contribution is -2.18. The molecule has 2 aromatic heterocycles. The van der Waals surface area contributed by atoms with Crippen LogP contribution >= 0.6 is 0 Å². The number of para-hydroxylation sites is 2. The second-order valence-electron chi connectivity index (χ2n) is 22.7. The topological polar surface area (TPSA) is 29.5 Å². The summed E-state index contributed by atoms with van der Waals surface area (Å²) in [6.45, 7) is 14.5. The van der Waals surface area contributed by atoms with E-state index in [-0.39, 0.29) is 16.2 Å². The Morgan fingerprint density at radius 2 is 0.824 bits per heavy atom. The van der Waals surface area contributed by atoms with E-state index >= 15 is 0 Å². The molecular weight excluding hydrogens is 899 g/mol. The van der Waals surface area contributed by atoms with E-state index in [1.807, 2.05) is 0 Å². The molecular formula is C71H51NO2. The van der Waals surface area contributed by atoms with Crippen molar-refractivity contribution >= 4 is 82.5 Å². The van der Waals surface area contributed by atoms with E-state index in [1.165, 1.54) is 110 Å². The van der Waals surface area contributed by atoms with E-state index in [0.29, 0.717) is 0 Å². The lowest BCUT2D eigenvalue weighted by molar-refractivity contribution is 0.651. The minimum absolute atomic E-state index is 0.181. The molecule has 3 aliphatic rings. The Balaban J connectivity index is 0.885. The fraction of sp³-hybridized carbons (Fsp3) is 0.127. The minimum Gasteiger partial charge on any atom is -0.456 e. The van der Waals surface area contributed by atoms with Crippen LogP contribution in [0.5, 0.6) is 0 Å². The van der Waals surface area contributed by atoms with E-state index in [4.69, 9.17) is 8.83 Å². The Bertz CT molecular complexity index is 4640. The van der Waals surface area contributed by atoms with Gasteiger partial charge in [0.15, 0.2) is 0 Å². The molecule has 3 heteroatoms. The van der Waals surface area contributed by atoms with Crippen molar-refractivity contribution in [3.63, 3.8) is 0 Å². The van der Waals surface area contributed by atoms with Crippen molar-refractivity contribution in [1.29, 1.82) is 0 Å². The molecule has 3 aliphatic carbocycles. The first kappa shape index (κ1) is 41.9. The standard InChI is InChI=1S/C71H51NO2/c1-69(2)54-33-34-63-66(49-23-11-13-27-61(49)73-63)65(54)53-39-57-51(37-58(53)69)47-31-29-42(35-55(47)70(57,3)4)72(60-26-16-20-41-18-8-10-22-45(41)60)43-30-32-48-56(36-43)71(5,6)59-38-52(46-25-15-19-40-17-7-9-21-44(40)46)68-67(64(48)59)50-24-12-14-28-62(50)74-68/h7-39H,1-6H3. The lowest BCUT2D eigenvalue weighted by Gasteiger charge is -2.30. The largest absolute Gasteiger partial charge is 0.456 e. The molecule has 13 aromatic rings. The predicted octanol–water partition coefficient (Wildman–Crippen LogP) is 19.8. The summed E-state index contributed by atoms with van der Waals surface area (Å²) < 4.78 is 13.4. The molecule has 0 radical (unpaired) electrons. The highest BCUT2D eigenvalue weighted by atomic mass is 16.3. The number of hydrogen-bond donors (Lipinski definition) is 0. The highest BCUT2D eigenvalue weighted by molar-refractivity contribution is 6.20. The second kappa shape index (κ2) is 14.3. The average molecular weight is 950 g/mol. The SMILES string of the molecule is CC1(C)c2cc(N(c3ccc4c(c3)C(C)(C)c3cc(-c5cccc6ccccc56)c5oc6ccccc6c5c3-4)c3cccc4ccccc34)ccc2-c2cc3c(cc21)-c1c(ccc2oc4ccccc4c12)C3(C)C. The van der Waals surface area contributed by atoms with Gasteiger partial charge >= 0.3 is 0 Å². The molecule has 0 bridgehead atoms. The molecule has 0 saturated heterocycles. The number of benzene rings is 11. The van der Waals surface area contributed by atoms with Gasteiger partial charge in [0.25, 0.3) is 0 Å². The predicted molar refractivity (Wildman–Crippen MR) is 309 cm³/mol. The van der Waals surface area contributed by atoms with Crippen LogP contribution in [0.2, 0.25) is 0 Å². The van der Waals surface area contributed by atoms with Crippen LogP contribution in [0.1, 0.15) is 74.9 Å². The molecule has 0 unspecified atom stereocenters. The maximum atomic E-state index is 6.96. The summed E-state index contributed by atoms with van der Waals surface area (Å²) in [6, 6.07) is 74.5. The number of rotatable bonds is 4. The summed E-state index contributed by atoms with van der Waals surface area (Å²) in [7, 11) is 0. The summed E-state index contributed by atoms with van der Waals surface area (Å²) in [6.07, 6.45) is 0. The third kappa shape index (κ3) is 5.36. The summed E-state index contributed by atoms with van der Waals surface area (Å²) in [5.74, 6) is 0. The maximum absolute atomic E-state index is 6.96. The van der Waals surface area contributed by atoms with E-state index in [1.54, 1.807) is 0 Å². The smallest absolute Gasteiger partial charge is 0.143 e. The molecule has 0 saturated carbocycles. The monoisotopic (exact) mass is 949 g/mol. The maximum Gasteiger partial charge on any atom is 0.143 e. The first-order valence-electron chi connectivity index (χ1n) is 26.2. The second-order valence-corrected chi connectivity index (χ2v) is 22.7. The van der Waals surface area contributed by atoms with Crippen molar-refractivity contribution in [2.75, 3.05) is 4.90 Å². The molecule has 352 valence electrons. The zero-order chi connectivity index (χ0) is 49.6. The van der Waals surface area contributed by atoms with Crippen LogP contribution in [0, 0.1) is 0 Å². The van der Waals surface area contributed by atoms with Gasteiger partial charge in [-0.2, -0.15) is 0 Å². The number of anilines is 3. The van der Waals surface area contributed by atoms with Crippen molar-refractivity contribution in [3.8, 4) is 44.5 Å². The highest BCUT2D eigenvalue weighted by Crippen LogP contribution is 2.60. The van der Waals surface area contributed by atoms with Crippen LogP contribution in [0.4, 0.5) is 17.1 Å². The molecule has 0 atom stereocenters. The Morgan fingerprint density at radius 1 is 0.311 bits per heavy atom. The van der Waals surface area contributed by atoms with Gasteiger partial charge in [-0.15, -0.1) is 0 Å². The van der Waals surface area contributed by atoms with Gasteiger partial charge in [0.2, 0.25) is 0 Å². The third-order valence-electron chi connectivity index (χ3n) is 17.8. The van der Waals surface area contributed by atoms with Gasteiger partial charge in [-0.05, 0) is 155 Å². The van der Waals surface area contributed by atoms with Gasteiger partial charge in [0.1, 0.15) is 22.3 Å². The Hall–Kier alpha value is -8.66. The number of fused-ring (bicyclic) bond motifs is 19. The number of furan rings is 2. The van der Waals surface area contributed by atoms with E-state index in [9.17, 15) is 0 Å². The summed E-state index contributed by atoms with van der Waals surface area (Å²) in [5, 5.41) is 9.60. The lowest BCUT2D eigenvalue weighted by atomic mass is 9.79. The zero-order valence-electron chi connectivity index (χ0n) is 42.3. The van der Waals surface area contributed by atoms with Gasteiger partial charge in [0.05, 0.1) is 5.69 Å². The Kier molecular flexibility index (Phi) is 8.10. The van der Waals surface area contributed by atoms with E-state index < -0.39 is 0 Å². The minimum atomic E-state index is -0.334. The van der Waals surface area contributed by atoms with Crippen molar-refractivity contribution < 1.29 is 8.83 Å². The zero-order valence-corrected chi connectivity index (χ0v) is 42.3. The van der Waals surface area contributed by atoms with Crippen LogP contribution in [-0.4, -0.2) is 0 Å². The Labute approximate surface area is 429 Å². The summed E-state index contributed by atoms with van der Waals surface area (Å²) in [4.78, 5) is 2.52. The van der Waals surface area contributed by atoms with Crippen LogP contribution in [0.3, 0.4) is 0 Å². The van der Waals surface area contributed by atoms with Crippen molar-refractivity contribution in [1.82, 2.24) is 0 Å². The quantitative estimate of drug-likeness (QED) is 0.176. The molecule has 0 fully saturated rings. The van der Waals surface area contributed by atoms with Gasteiger partial charge in [-0.1, -0.05) is 175 Å². The molecule has 0 aliphatic heterocycles. The third-order valence-corrected chi connectivity index (χ3v) is 17.8. The first-order valence-corrected chi connectivity index (χ1v) is 26.2. The fourth-order valence-electron chi connectivity index (χ4n) is 14.1. The molecule has 0 spiro atoms. The van der Waals surface area contributed by atoms with Crippen LogP contribution in [0.25, 0.3) is 110 Å². The van der Waals surface area contributed by atoms with Gasteiger partial charge in [-0.25, -0.2) is 0 Å². The number of nitrogens with zero attached hydrogens (tertiary/aromatic N) is 1. The van der Waals surface area contributed by atoms with E-state index in [0.717, 1.165) is 50.3 Å². The first-order chi connectivity index (χ1) is 36.0. The van der Waals surface area contributed by atoms with Crippen molar-refractivity contribution in [2.45, 2.75) is 57.8 Å². The van der Waals surface area contributed by atoms with Crippen LogP contribution in [-0.2, 0) is 16.2 Å². The molecule has 2 heterocycles.